The summed E-state index contributed by atoms with van der Waals surface area (Å²) in [5, 5.41) is 0. The van der Waals surface area contributed by atoms with E-state index in [1.807, 2.05) is 6.08 Å². The highest BCUT2D eigenvalue weighted by Crippen LogP contribution is 2.16. The number of ether oxygens (including phenoxy) is 3. The van der Waals surface area contributed by atoms with E-state index >= 15 is 0 Å². The Hall–Kier alpha value is -5.23. The molecule has 0 aliphatic carbocycles. The van der Waals surface area contributed by atoms with Crippen LogP contribution in [0.3, 0.4) is 0 Å². The Morgan fingerprint density at radius 2 is 0.482 bits per heavy atom. The molecule has 1 unspecified atom stereocenters. The molecule has 0 saturated heterocycles. The molecule has 0 heterocycles. The molecular formula is C77H122O6. The lowest BCUT2D eigenvalue weighted by molar-refractivity contribution is -0.166. The molecule has 0 aromatic heterocycles. The fourth-order valence-corrected chi connectivity index (χ4v) is 8.83. The van der Waals surface area contributed by atoms with E-state index in [4.69, 9.17) is 14.2 Å². The zero-order chi connectivity index (χ0) is 59.9. The number of carbonyl (C=O) groups excluding carboxylic acids is 3. The molecule has 466 valence electrons. The first-order valence-electron chi connectivity index (χ1n) is 33.6. The Morgan fingerprint density at radius 3 is 0.783 bits per heavy atom. The van der Waals surface area contributed by atoms with E-state index in [0.717, 1.165) is 128 Å². The van der Waals surface area contributed by atoms with Crippen molar-refractivity contribution in [1.82, 2.24) is 0 Å². The highest BCUT2D eigenvalue weighted by Gasteiger charge is 2.19. The van der Waals surface area contributed by atoms with Crippen molar-refractivity contribution in [3.8, 4) is 0 Å². The second-order valence-electron chi connectivity index (χ2n) is 21.6. The van der Waals surface area contributed by atoms with Crippen molar-refractivity contribution in [2.45, 2.75) is 284 Å². The second-order valence-corrected chi connectivity index (χ2v) is 21.6. The molecule has 0 aromatic rings. The third-order valence-corrected chi connectivity index (χ3v) is 13.7. The Kier molecular flexibility index (Phi) is 64.9. The lowest BCUT2D eigenvalue weighted by Gasteiger charge is -2.18. The lowest BCUT2D eigenvalue weighted by atomic mass is 10.0. The zero-order valence-corrected chi connectivity index (χ0v) is 53.4. The van der Waals surface area contributed by atoms with E-state index in [2.05, 4.69) is 179 Å². The molecule has 0 fully saturated rings. The van der Waals surface area contributed by atoms with Gasteiger partial charge in [-0.05, 0) is 128 Å². The van der Waals surface area contributed by atoms with Crippen LogP contribution in [0.5, 0.6) is 0 Å². The first kappa shape index (κ1) is 77.8. The molecular weight excluding hydrogens is 1020 g/mol. The molecule has 83 heavy (non-hydrogen) atoms. The molecule has 6 heteroatoms. The maximum atomic E-state index is 12.9. The zero-order valence-electron chi connectivity index (χ0n) is 53.4. The minimum Gasteiger partial charge on any atom is -0.462 e. The third kappa shape index (κ3) is 67.4. The normalized spacial score (nSPS) is 13.2. The molecule has 0 amide bonds. The summed E-state index contributed by atoms with van der Waals surface area (Å²) in [6.07, 6.45) is 102. The highest BCUT2D eigenvalue weighted by atomic mass is 16.6. The van der Waals surface area contributed by atoms with Gasteiger partial charge in [-0.15, -0.1) is 0 Å². The van der Waals surface area contributed by atoms with Crippen LogP contribution in [0.2, 0.25) is 0 Å². The van der Waals surface area contributed by atoms with Crippen LogP contribution in [0.4, 0.5) is 0 Å². The minimum absolute atomic E-state index is 0.118. The third-order valence-electron chi connectivity index (χ3n) is 13.7. The van der Waals surface area contributed by atoms with Gasteiger partial charge in [-0.3, -0.25) is 14.4 Å². The number of hydrogen-bond donors (Lipinski definition) is 0. The van der Waals surface area contributed by atoms with E-state index in [-0.39, 0.29) is 31.6 Å². The monoisotopic (exact) mass is 1140 g/mol. The second kappa shape index (κ2) is 69.3. The average molecular weight is 1140 g/mol. The summed E-state index contributed by atoms with van der Waals surface area (Å²) in [5.41, 5.74) is 0. The smallest absolute Gasteiger partial charge is 0.309 e. The van der Waals surface area contributed by atoms with Gasteiger partial charge in [0.15, 0.2) is 6.10 Å². The quantitative estimate of drug-likeness (QED) is 0.0261. The molecule has 0 aliphatic rings. The van der Waals surface area contributed by atoms with Gasteiger partial charge in [-0.1, -0.05) is 300 Å². The Labute approximate surface area is 511 Å². The highest BCUT2D eigenvalue weighted by molar-refractivity contribution is 5.72. The summed E-state index contributed by atoms with van der Waals surface area (Å²) in [5.74, 6) is -1.06. The van der Waals surface area contributed by atoms with E-state index in [9.17, 15) is 14.4 Å². The first-order valence-corrected chi connectivity index (χ1v) is 33.6. The molecule has 6 nitrogen and oxygen atoms in total. The molecule has 0 aliphatic heterocycles. The van der Waals surface area contributed by atoms with Crippen LogP contribution < -0.4 is 0 Å². The van der Waals surface area contributed by atoms with Gasteiger partial charge in [0.25, 0.3) is 0 Å². The standard InChI is InChI=1S/C77H122O6/c1-4-7-10-13-16-19-22-25-28-30-32-34-36-37-38-39-41-42-44-46-49-52-55-58-61-64-67-70-76(79)82-73-74(72-81-75(78)69-66-63-60-57-54-51-48-27-24-21-18-15-12-9-6-3)83-77(80)71-68-65-62-59-56-53-50-47-45-43-40-35-33-31-29-26-23-20-17-14-11-8-5-2/h7-12,16-21,25-29,32-35,37-38,48,54,57,63,66,74H,4-6,13-15,22-24,30-31,36,39-47,49-53,55-56,58-62,64-65,67-73H2,1-3H3/b10-7-,11-8-,12-9-,19-16-,20-17-,21-18-,28-25-,29-26-,34-32-,35-33-,38-37-,48-27-,57-54-,66-63-. The van der Waals surface area contributed by atoms with Crippen molar-refractivity contribution in [3.05, 3.63) is 170 Å². The van der Waals surface area contributed by atoms with Crippen molar-refractivity contribution in [2.75, 3.05) is 13.2 Å². The van der Waals surface area contributed by atoms with Crippen molar-refractivity contribution in [3.63, 3.8) is 0 Å². The van der Waals surface area contributed by atoms with Gasteiger partial charge in [0.05, 0.1) is 6.42 Å². The molecule has 0 spiro atoms. The van der Waals surface area contributed by atoms with E-state index < -0.39 is 12.1 Å². The van der Waals surface area contributed by atoms with Gasteiger partial charge in [0.2, 0.25) is 0 Å². The number of esters is 3. The lowest BCUT2D eigenvalue weighted by Crippen LogP contribution is -2.30. The number of unbranched alkanes of at least 4 members (excludes halogenated alkanes) is 21. The predicted octanol–water partition coefficient (Wildman–Crippen LogP) is 23.4. The van der Waals surface area contributed by atoms with E-state index in [1.54, 1.807) is 6.08 Å². The summed E-state index contributed by atoms with van der Waals surface area (Å²) in [6, 6.07) is 0. The number of allylic oxidation sites excluding steroid dienone is 27. The van der Waals surface area contributed by atoms with Crippen LogP contribution in [-0.4, -0.2) is 37.2 Å². The topological polar surface area (TPSA) is 78.9 Å². The molecule has 0 aromatic carbocycles. The molecule has 0 rings (SSSR count). The Balaban J connectivity index is 4.43. The van der Waals surface area contributed by atoms with Gasteiger partial charge < -0.3 is 14.2 Å². The van der Waals surface area contributed by atoms with E-state index in [0.29, 0.717) is 12.8 Å². The average Bonchev–Trinajstić information content (AvgIpc) is 3.49. The largest absolute Gasteiger partial charge is 0.462 e. The summed E-state index contributed by atoms with van der Waals surface area (Å²) >= 11 is 0. The Bertz CT molecular complexity index is 1890. The van der Waals surface area contributed by atoms with Crippen LogP contribution in [0, 0.1) is 0 Å². The van der Waals surface area contributed by atoms with Crippen LogP contribution in [0.25, 0.3) is 0 Å². The van der Waals surface area contributed by atoms with Crippen LogP contribution in [-0.2, 0) is 28.6 Å². The van der Waals surface area contributed by atoms with Crippen molar-refractivity contribution in [2.24, 2.45) is 0 Å². The fourth-order valence-electron chi connectivity index (χ4n) is 8.83. The summed E-state index contributed by atoms with van der Waals surface area (Å²) < 4.78 is 16.8. The maximum absolute atomic E-state index is 12.9. The summed E-state index contributed by atoms with van der Waals surface area (Å²) in [7, 11) is 0. The summed E-state index contributed by atoms with van der Waals surface area (Å²) in [4.78, 5) is 38.4. The maximum Gasteiger partial charge on any atom is 0.309 e. The SMILES string of the molecule is CC/C=C\C/C=C\C/C=C\C/C=C\C/C=C\CCCCCCCCCCCCCC(=O)OCC(COC(=O)C/C=C\C/C=C\C/C=C\C/C=C\C/C=C\CC)OC(=O)CCCCCCCCCCCC/C=C\C/C=C\C/C=C\C/C=C\CC. The number of rotatable bonds is 59. The van der Waals surface area contributed by atoms with Crippen LogP contribution >= 0.6 is 0 Å². The van der Waals surface area contributed by atoms with Crippen LogP contribution in [0.15, 0.2) is 170 Å². The van der Waals surface area contributed by atoms with Gasteiger partial charge >= 0.3 is 17.9 Å². The van der Waals surface area contributed by atoms with Gasteiger partial charge in [-0.25, -0.2) is 0 Å². The van der Waals surface area contributed by atoms with Crippen LogP contribution in [0.1, 0.15) is 278 Å². The van der Waals surface area contributed by atoms with Gasteiger partial charge in [0, 0.05) is 12.8 Å². The minimum atomic E-state index is -0.832. The molecule has 0 saturated carbocycles. The van der Waals surface area contributed by atoms with Gasteiger partial charge in [0.1, 0.15) is 13.2 Å². The van der Waals surface area contributed by atoms with E-state index in [1.165, 1.54) is 109 Å². The number of hydrogen-bond acceptors (Lipinski definition) is 6. The Morgan fingerprint density at radius 1 is 0.253 bits per heavy atom. The number of carbonyl (C=O) groups is 3. The molecule has 0 N–H and O–H groups in total. The molecule has 0 radical (unpaired) electrons. The van der Waals surface area contributed by atoms with Gasteiger partial charge in [-0.2, -0.15) is 0 Å². The first-order chi connectivity index (χ1) is 41.0. The predicted molar refractivity (Wildman–Crippen MR) is 361 cm³/mol. The van der Waals surface area contributed by atoms with Crippen molar-refractivity contribution >= 4 is 17.9 Å². The van der Waals surface area contributed by atoms with Crippen molar-refractivity contribution in [1.29, 1.82) is 0 Å². The summed E-state index contributed by atoms with van der Waals surface area (Å²) in [6.45, 7) is 6.21. The molecule has 0 bridgehead atoms. The fraction of sp³-hybridized carbons (Fsp3) is 0.597. The molecule has 1 atom stereocenters. The van der Waals surface area contributed by atoms with Crippen molar-refractivity contribution < 1.29 is 28.6 Å².